The molecule has 1 aliphatic heterocycles. The summed E-state index contributed by atoms with van der Waals surface area (Å²) in [4.78, 5) is 26.6. The summed E-state index contributed by atoms with van der Waals surface area (Å²) in [6, 6.07) is 12.3. The molecule has 0 spiro atoms. The van der Waals surface area contributed by atoms with Crippen molar-refractivity contribution in [2.24, 2.45) is 0 Å². The summed E-state index contributed by atoms with van der Waals surface area (Å²) in [5, 5.41) is 3.13. The lowest BCUT2D eigenvalue weighted by Gasteiger charge is -2.18. The third kappa shape index (κ3) is 3.15. The van der Waals surface area contributed by atoms with Crippen LogP contribution in [0.3, 0.4) is 0 Å². The first-order valence-electron chi connectivity index (χ1n) is 8.20. The molecule has 0 fully saturated rings. The molecule has 4 rings (SSSR count). The zero-order valence-corrected chi connectivity index (χ0v) is 16.6. The summed E-state index contributed by atoms with van der Waals surface area (Å²) in [6.07, 6.45) is 1.47. The summed E-state index contributed by atoms with van der Waals surface area (Å²) >= 11 is 9.91. The number of rotatable bonds is 3. The van der Waals surface area contributed by atoms with E-state index in [0.717, 1.165) is 15.6 Å². The summed E-state index contributed by atoms with van der Waals surface area (Å²) in [5.74, 6) is -0.198. The largest absolute Gasteiger partial charge is 0.459 e. The number of furan rings is 1. The van der Waals surface area contributed by atoms with Crippen LogP contribution in [0.5, 0.6) is 0 Å². The molecule has 1 N–H and O–H groups in total. The molecule has 2 heterocycles. The Bertz CT molecular complexity index is 1080. The van der Waals surface area contributed by atoms with E-state index in [1.54, 1.807) is 42.2 Å². The molecule has 27 heavy (non-hydrogen) atoms. The molecule has 136 valence electrons. The predicted molar refractivity (Wildman–Crippen MR) is 108 cm³/mol. The van der Waals surface area contributed by atoms with Gasteiger partial charge in [-0.25, -0.2) is 0 Å². The minimum absolute atomic E-state index is 0.101. The number of halogens is 2. The van der Waals surface area contributed by atoms with Gasteiger partial charge in [-0.15, -0.1) is 0 Å². The third-order valence-electron chi connectivity index (χ3n) is 4.48. The number of nitrogens with zero attached hydrogens (tertiary/aromatic N) is 1. The standard InChI is InChI=1S/C20H14BrClN2O3/c1-11-7-8-27-18(11)19(25)23-12-5-6-17(16(22)9-12)24-10-14-13(20(24)26)3-2-4-15(14)21/h2-9H,10H2,1H3,(H,23,25). The second kappa shape index (κ2) is 6.87. The molecule has 0 bridgehead atoms. The Hall–Kier alpha value is -2.57. The van der Waals surface area contributed by atoms with Crippen molar-refractivity contribution < 1.29 is 14.0 Å². The molecule has 1 aromatic heterocycles. The fourth-order valence-electron chi connectivity index (χ4n) is 3.09. The van der Waals surface area contributed by atoms with Crippen molar-refractivity contribution in [3.63, 3.8) is 0 Å². The maximum Gasteiger partial charge on any atom is 0.291 e. The summed E-state index contributed by atoms with van der Waals surface area (Å²) in [7, 11) is 0. The first kappa shape index (κ1) is 17.8. The maximum atomic E-state index is 12.7. The number of amides is 2. The molecule has 0 atom stereocenters. The van der Waals surface area contributed by atoms with Crippen molar-refractivity contribution in [1.29, 1.82) is 0 Å². The van der Waals surface area contributed by atoms with E-state index in [1.165, 1.54) is 6.26 Å². The van der Waals surface area contributed by atoms with Gasteiger partial charge in [0, 0.05) is 21.3 Å². The van der Waals surface area contributed by atoms with Gasteiger partial charge in [-0.2, -0.15) is 0 Å². The van der Waals surface area contributed by atoms with Crippen LogP contribution in [0.2, 0.25) is 5.02 Å². The van der Waals surface area contributed by atoms with Gasteiger partial charge >= 0.3 is 0 Å². The Morgan fingerprint density at radius 1 is 1.26 bits per heavy atom. The first-order valence-corrected chi connectivity index (χ1v) is 9.37. The highest BCUT2D eigenvalue weighted by molar-refractivity contribution is 9.10. The Labute approximate surface area is 169 Å². The lowest BCUT2D eigenvalue weighted by atomic mass is 10.1. The highest BCUT2D eigenvalue weighted by atomic mass is 79.9. The van der Waals surface area contributed by atoms with Gasteiger partial charge in [-0.3, -0.25) is 9.59 Å². The molecule has 1 aliphatic rings. The van der Waals surface area contributed by atoms with Gasteiger partial charge in [-0.05, 0) is 48.9 Å². The van der Waals surface area contributed by atoms with Gasteiger partial charge in [0.05, 0.1) is 23.5 Å². The predicted octanol–water partition coefficient (Wildman–Crippen LogP) is 5.42. The number of nitrogens with one attached hydrogen (secondary N) is 1. The Balaban J connectivity index is 1.58. The van der Waals surface area contributed by atoms with E-state index in [-0.39, 0.29) is 17.6 Å². The van der Waals surface area contributed by atoms with Crippen LogP contribution in [-0.2, 0) is 6.54 Å². The van der Waals surface area contributed by atoms with Crippen LogP contribution in [0.25, 0.3) is 0 Å². The fourth-order valence-corrected chi connectivity index (χ4v) is 3.86. The zero-order valence-electron chi connectivity index (χ0n) is 14.3. The second-order valence-corrected chi connectivity index (χ2v) is 7.47. The zero-order chi connectivity index (χ0) is 19.1. The molecule has 0 aliphatic carbocycles. The Morgan fingerprint density at radius 2 is 2.07 bits per heavy atom. The van der Waals surface area contributed by atoms with E-state index >= 15 is 0 Å². The average Bonchev–Trinajstić information content (AvgIpc) is 3.20. The first-order chi connectivity index (χ1) is 13.0. The van der Waals surface area contributed by atoms with Crippen LogP contribution in [-0.4, -0.2) is 11.8 Å². The Kier molecular flexibility index (Phi) is 4.53. The van der Waals surface area contributed by atoms with Crippen LogP contribution in [0, 0.1) is 6.92 Å². The van der Waals surface area contributed by atoms with Crippen LogP contribution >= 0.6 is 27.5 Å². The Morgan fingerprint density at radius 3 is 2.74 bits per heavy atom. The molecular formula is C20H14BrClN2O3. The van der Waals surface area contributed by atoms with Gasteiger partial charge in [0.15, 0.2) is 5.76 Å². The molecule has 0 unspecified atom stereocenters. The van der Waals surface area contributed by atoms with Gasteiger partial charge < -0.3 is 14.6 Å². The van der Waals surface area contributed by atoms with Crippen LogP contribution in [0.15, 0.2) is 57.6 Å². The van der Waals surface area contributed by atoms with Crippen molar-refractivity contribution in [3.8, 4) is 0 Å². The fraction of sp³-hybridized carbons (Fsp3) is 0.100. The van der Waals surface area contributed by atoms with E-state index in [9.17, 15) is 9.59 Å². The highest BCUT2D eigenvalue weighted by Crippen LogP contribution is 2.37. The number of fused-ring (bicyclic) bond motifs is 1. The number of hydrogen-bond donors (Lipinski definition) is 1. The van der Waals surface area contributed by atoms with Crippen molar-refractivity contribution >= 4 is 50.7 Å². The molecular weight excluding hydrogens is 432 g/mol. The monoisotopic (exact) mass is 444 g/mol. The van der Waals surface area contributed by atoms with E-state index < -0.39 is 0 Å². The number of anilines is 2. The van der Waals surface area contributed by atoms with E-state index in [2.05, 4.69) is 21.2 Å². The topological polar surface area (TPSA) is 62.6 Å². The van der Waals surface area contributed by atoms with Gasteiger partial charge in [0.2, 0.25) is 0 Å². The average molecular weight is 446 g/mol. The van der Waals surface area contributed by atoms with Gasteiger partial charge in [0.1, 0.15) is 0 Å². The lowest BCUT2D eigenvalue weighted by molar-refractivity contribution is 0.0988. The summed E-state index contributed by atoms with van der Waals surface area (Å²) < 4.78 is 6.09. The number of hydrogen-bond acceptors (Lipinski definition) is 3. The molecule has 0 radical (unpaired) electrons. The van der Waals surface area contributed by atoms with Crippen molar-refractivity contribution in [1.82, 2.24) is 0 Å². The maximum absolute atomic E-state index is 12.7. The van der Waals surface area contributed by atoms with Gasteiger partial charge in [0.25, 0.3) is 11.8 Å². The quantitative estimate of drug-likeness (QED) is 0.586. The number of aryl methyl sites for hydroxylation is 1. The minimum atomic E-state index is -0.352. The molecule has 2 amide bonds. The van der Waals surface area contributed by atoms with Crippen LogP contribution < -0.4 is 10.2 Å². The van der Waals surface area contributed by atoms with Gasteiger partial charge in [-0.1, -0.05) is 33.6 Å². The van der Waals surface area contributed by atoms with E-state index in [1.807, 2.05) is 12.1 Å². The van der Waals surface area contributed by atoms with Crippen molar-refractivity contribution in [2.75, 3.05) is 10.2 Å². The summed E-state index contributed by atoms with van der Waals surface area (Å²) in [5.41, 5.74) is 3.46. The number of carbonyl (C=O) groups is 2. The molecule has 3 aromatic rings. The summed E-state index contributed by atoms with van der Waals surface area (Å²) in [6.45, 7) is 2.23. The SMILES string of the molecule is Cc1ccoc1C(=O)Nc1ccc(N2Cc3c(Br)cccc3C2=O)c(Cl)c1. The molecule has 0 saturated heterocycles. The number of carbonyl (C=O) groups excluding carboxylic acids is 2. The molecule has 7 heteroatoms. The van der Waals surface area contributed by atoms with Crippen LogP contribution in [0.4, 0.5) is 11.4 Å². The smallest absolute Gasteiger partial charge is 0.291 e. The van der Waals surface area contributed by atoms with Crippen LogP contribution in [0.1, 0.15) is 32.0 Å². The lowest BCUT2D eigenvalue weighted by Crippen LogP contribution is -2.23. The highest BCUT2D eigenvalue weighted by Gasteiger charge is 2.31. The van der Waals surface area contributed by atoms with Crippen molar-refractivity contribution in [3.05, 3.63) is 80.7 Å². The molecule has 5 nitrogen and oxygen atoms in total. The van der Waals surface area contributed by atoms with E-state index in [0.29, 0.717) is 28.5 Å². The normalized spacial score (nSPS) is 13.0. The van der Waals surface area contributed by atoms with E-state index in [4.69, 9.17) is 16.0 Å². The molecule has 2 aromatic carbocycles. The molecule has 0 saturated carbocycles. The number of benzene rings is 2. The second-order valence-electron chi connectivity index (χ2n) is 6.21. The minimum Gasteiger partial charge on any atom is -0.459 e. The third-order valence-corrected chi connectivity index (χ3v) is 5.52. The van der Waals surface area contributed by atoms with Crippen molar-refractivity contribution in [2.45, 2.75) is 13.5 Å².